The van der Waals surface area contributed by atoms with E-state index in [4.69, 9.17) is 33.3 Å². The largest absolute Gasteiger partial charge is 0.422 e. The van der Waals surface area contributed by atoms with Crippen molar-refractivity contribution < 1.29 is 19.1 Å². The maximum atomic E-state index is 12.8. The molecule has 2 aliphatic rings. The van der Waals surface area contributed by atoms with E-state index in [9.17, 15) is 9.59 Å². The number of fused-ring (bicyclic) bond motifs is 1. The van der Waals surface area contributed by atoms with Gasteiger partial charge in [-0.25, -0.2) is 4.79 Å². The van der Waals surface area contributed by atoms with Crippen molar-refractivity contribution in [3.8, 4) is 5.75 Å². The van der Waals surface area contributed by atoms with Crippen molar-refractivity contribution in [2.75, 3.05) is 13.2 Å². The number of halogens is 1. The Hall–Kier alpha value is -2.23. The number of thiophene rings is 1. The summed E-state index contributed by atoms with van der Waals surface area (Å²) in [5, 5.41) is 1.24. The summed E-state index contributed by atoms with van der Waals surface area (Å²) in [4.78, 5) is 28.0. The summed E-state index contributed by atoms with van der Waals surface area (Å²) in [5.74, 6) is -0.198. The predicted octanol–water partition coefficient (Wildman–Crippen LogP) is 6.15. The Bertz CT molecular complexity index is 1280. The lowest BCUT2D eigenvalue weighted by molar-refractivity contribution is -0.123. The molecule has 1 amide bonds. The molecule has 0 spiro atoms. The van der Waals surface area contributed by atoms with E-state index in [1.54, 1.807) is 35.2 Å². The Morgan fingerprint density at radius 1 is 1.24 bits per heavy atom. The summed E-state index contributed by atoms with van der Waals surface area (Å²) in [6.45, 7) is 1.23. The lowest BCUT2D eigenvalue weighted by atomic mass is 10.2. The fraction of sp³-hybridized carbons (Fsp3) is 0.208. The Labute approximate surface area is 209 Å². The molecule has 1 aromatic heterocycles. The van der Waals surface area contributed by atoms with Crippen LogP contribution in [0.4, 0.5) is 0 Å². The minimum Gasteiger partial charge on any atom is -0.422 e. The van der Waals surface area contributed by atoms with Crippen LogP contribution in [0, 0.1) is 0 Å². The van der Waals surface area contributed by atoms with Crippen LogP contribution in [0.25, 0.3) is 16.2 Å². The lowest BCUT2D eigenvalue weighted by Crippen LogP contribution is -2.35. The molecule has 1 atom stereocenters. The van der Waals surface area contributed by atoms with E-state index < -0.39 is 5.97 Å². The zero-order valence-corrected chi connectivity index (χ0v) is 20.5. The first kappa shape index (κ1) is 22.6. The van der Waals surface area contributed by atoms with Gasteiger partial charge in [0.2, 0.25) is 0 Å². The van der Waals surface area contributed by atoms with E-state index in [0.717, 1.165) is 35.1 Å². The number of ether oxygens (including phenoxy) is 2. The topological polar surface area (TPSA) is 55.8 Å². The molecule has 0 saturated carbocycles. The maximum absolute atomic E-state index is 12.8. The van der Waals surface area contributed by atoms with E-state index in [1.165, 1.54) is 23.1 Å². The van der Waals surface area contributed by atoms with Crippen LogP contribution in [0.2, 0.25) is 5.02 Å². The molecular weight excluding hydrogens is 498 g/mol. The molecule has 2 aromatic carbocycles. The molecule has 1 unspecified atom stereocenters. The molecule has 9 heteroatoms. The van der Waals surface area contributed by atoms with E-state index in [1.807, 2.05) is 24.3 Å². The molecule has 2 fully saturated rings. The number of esters is 1. The summed E-state index contributed by atoms with van der Waals surface area (Å²) in [5.41, 5.74) is 0.812. The quantitative estimate of drug-likeness (QED) is 0.176. The van der Waals surface area contributed by atoms with Gasteiger partial charge in [0.1, 0.15) is 14.9 Å². The van der Waals surface area contributed by atoms with Crippen LogP contribution in [0.3, 0.4) is 0 Å². The number of benzene rings is 2. The molecule has 0 N–H and O–H groups in total. The molecule has 0 bridgehead atoms. The number of hydrogen-bond acceptors (Lipinski definition) is 7. The number of carbonyl (C=O) groups is 2. The molecule has 168 valence electrons. The fourth-order valence-electron chi connectivity index (χ4n) is 3.73. The second-order valence-corrected chi connectivity index (χ2v) is 10.7. The minimum absolute atomic E-state index is 0.0512. The van der Waals surface area contributed by atoms with Crippen molar-refractivity contribution in [1.82, 2.24) is 4.90 Å². The van der Waals surface area contributed by atoms with Gasteiger partial charge < -0.3 is 9.47 Å². The van der Waals surface area contributed by atoms with Crippen molar-refractivity contribution in [1.29, 1.82) is 0 Å². The molecule has 3 aromatic rings. The van der Waals surface area contributed by atoms with Gasteiger partial charge in [0, 0.05) is 16.7 Å². The Balaban J connectivity index is 1.27. The summed E-state index contributed by atoms with van der Waals surface area (Å²) in [6.07, 6.45) is 3.81. The van der Waals surface area contributed by atoms with Gasteiger partial charge in [0.25, 0.3) is 5.91 Å². The molecule has 3 heterocycles. The first-order valence-electron chi connectivity index (χ1n) is 10.4. The zero-order valence-electron chi connectivity index (χ0n) is 17.3. The standard InChI is InChI=1S/C24H18ClNO4S3/c25-20-17-5-1-2-6-18(17)32-21(20)23(28)30-15-9-7-14(8-10-15)12-19-22(27)26(24(31)33-19)13-16-4-3-11-29-16/h1-2,5-10,12,16H,3-4,11,13H2/b19-12-. The van der Waals surface area contributed by atoms with Crippen molar-refractivity contribution in [3.05, 3.63) is 68.9 Å². The summed E-state index contributed by atoms with van der Waals surface area (Å²) in [6, 6.07) is 14.5. The van der Waals surface area contributed by atoms with Crippen LogP contribution >= 0.6 is 46.9 Å². The third kappa shape index (κ3) is 4.72. The average molecular weight is 516 g/mol. The van der Waals surface area contributed by atoms with Crippen LogP contribution in [0.15, 0.2) is 53.4 Å². The second-order valence-electron chi connectivity index (χ2n) is 7.63. The van der Waals surface area contributed by atoms with Crippen LogP contribution in [0.1, 0.15) is 28.1 Å². The fourth-order valence-corrected chi connectivity index (χ4v) is 6.39. The highest BCUT2D eigenvalue weighted by atomic mass is 35.5. The summed E-state index contributed by atoms with van der Waals surface area (Å²) in [7, 11) is 0. The zero-order chi connectivity index (χ0) is 22.9. The third-order valence-electron chi connectivity index (χ3n) is 5.39. The number of rotatable bonds is 5. The number of nitrogens with zero attached hydrogens (tertiary/aromatic N) is 1. The molecule has 2 saturated heterocycles. The molecule has 2 aliphatic heterocycles. The van der Waals surface area contributed by atoms with Crippen LogP contribution in [-0.2, 0) is 9.53 Å². The third-order valence-corrected chi connectivity index (χ3v) is 8.43. The van der Waals surface area contributed by atoms with Gasteiger partial charge >= 0.3 is 5.97 Å². The summed E-state index contributed by atoms with van der Waals surface area (Å²) < 4.78 is 12.6. The number of thioether (sulfide) groups is 1. The average Bonchev–Trinajstić information content (AvgIpc) is 3.51. The van der Waals surface area contributed by atoms with E-state index >= 15 is 0 Å². The predicted molar refractivity (Wildman–Crippen MR) is 137 cm³/mol. The van der Waals surface area contributed by atoms with Gasteiger partial charge in [0.05, 0.1) is 22.6 Å². The second kappa shape index (κ2) is 9.56. The highest BCUT2D eigenvalue weighted by Gasteiger charge is 2.34. The lowest BCUT2D eigenvalue weighted by Gasteiger charge is -2.18. The highest BCUT2D eigenvalue weighted by molar-refractivity contribution is 8.26. The number of thiocarbonyl (C=S) groups is 1. The Morgan fingerprint density at radius 2 is 2.03 bits per heavy atom. The van der Waals surface area contributed by atoms with Gasteiger partial charge in [-0.05, 0) is 42.7 Å². The summed E-state index contributed by atoms with van der Waals surface area (Å²) >= 11 is 14.4. The van der Waals surface area contributed by atoms with E-state index in [-0.39, 0.29) is 12.0 Å². The first-order chi connectivity index (χ1) is 16.0. The van der Waals surface area contributed by atoms with E-state index in [0.29, 0.717) is 31.4 Å². The molecular formula is C24H18ClNO4S3. The number of carbonyl (C=O) groups excluding carboxylic acids is 2. The maximum Gasteiger partial charge on any atom is 0.355 e. The number of amides is 1. The van der Waals surface area contributed by atoms with Crippen molar-refractivity contribution in [3.63, 3.8) is 0 Å². The number of hydrogen-bond donors (Lipinski definition) is 0. The van der Waals surface area contributed by atoms with Gasteiger partial charge in [-0.15, -0.1) is 11.3 Å². The molecule has 0 radical (unpaired) electrons. The molecule has 5 rings (SSSR count). The van der Waals surface area contributed by atoms with Gasteiger partial charge in [-0.3, -0.25) is 9.69 Å². The molecule has 0 aliphatic carbocycles. The monoisotopic (exact) mass is 515 g/mol. The normalized spacial score (nSPS) is 19.7. The van der Waals surface area contributed by atoms with Gasteiger partial charge in [-0.1, -0.05) is 65.9 Å². The van der Waals surface area contributed by atoms with Crippen LogP contribution < -0.4 is 4.74 Å². The van der Waals surface area contributed by atoms with Gasteiger partial charge in [-0.2, -0.15) is 0 Å². The SMILES string of the molecule is O=C(Oc1ccc(/C=C2\SC(=S)N(CC3CCCO3)C2=O)cc1)c1sc2ccccc2c1Cl. The first-order valence-corrected chi connectivity index (χ1v) is 12.8. The molecule has 5 nitrogen and oxygen atoms in total. The van der Waals surface area contributed by atoms with Crippen LogP contribution in [0.5, 0.6) is 5.75 Å². The van der Waals surface area contributed by atoms with Crippen molar-refractivity contribution >= 4 is 79.3 Å². The van der Waals surface area contributed by atoms with Crippen molar-refractivity contribution in [2.24, 2.45) is 0 Å². The minimum atomic E-state index is -0.496. The van der Waals surface area contributed by atoms with Gasteiger partial charge in [0.15, 0.2) is 0 Å². The Morgan fingerprint density at radius 3 is 2.76 bits per heavy atom. The smallest absolute Gasteiger partial charge is 0.355 e. The van der Waals surface area contributed by atoms with E-state index in [2.05, 4.69) is 0 Å². The van der Waals surface area contributed by atoms with Crippen LogP contribution in [-0.4, -0.2) is 40.4 Å². The Kier molecular flexibility index (Phi) is 6.53. The highest BCUT2D eigenvalue weighted by Crippen LogP contribution is 2.36. The molecule has 33 heavy (non-hydrogen) atoms. The van der Waals surface area contributed by atoms with Crippen molar-refractivity contribution in [2.45, 2.75) is 18.9 Å².